The van der Waals surface area contributed by atoms with Crippen LogP contribution in [-0.4, -0.2) is 20.3 Å². The van der Waals surface area contributed by atoms with E-state index in [1.165, 1.54) is 4.68 Å². The predicted molar refractivity (Wildman–Crippen MR) is 119 cm³/mol. The number of halogens is 2. The van der Waals surface area contributed by atoms with Gasteiger partial charge in [-0.3, -0.25) is 9.59 Å². The highest BCUT2D eigenvalue weighted by Gasteiger charge is 2.26. The second-order valence-corrected chi connectivity index (χ2v) is 7.56. The van der Waals surface area contributed by atoms with Crippen LogP contribution in [0.5, 0.6) is 0 Å². The first-order chi connectivity index (χ1) is 15.3. The van der Waals surface area contributed by atoms with E-state index in [0.29, 0.717) is 34.3 Å². The van der Waals surface area contributed by atoms with Crippen LogP contribution in [0, 0.1) is 25.5 Å². The maximum Gasteiger partial charge on any atom is 0.281 e. The fourth-order valence-corrected chi connectivity index (χ4v) is 4.09. The van der Waals surface area contributed by atoms with Crippen molar-refractivity contribution in [2.45, 2.75) is 33.2 Å². The number of aryl methyl sites for hydroxylation is 2. The molecular weight excluding hydrogens is 414 g/mol. The van der Waals surface area contributed by atoms with Gasteiger partial charge in [-0.25, -0.2) is 8.78 Å². The van der Waals surface area contributed by atoms with Gasteiger partial charge >= 0.3 is 0 Å². The van der Waals surface area contributed by atoms with Gasteiger partial charge in [-0.1, -0.05) is 25.1 Å². The van der Waals surface area contributed by atoms with E-state index in [1.54, 1.807) is 29.8 Å². The van der Waals surface area contributed by atoms with Crippen molar-refractivity contribution in [3.63, 3.8) is 0 Å². The Morgan fingerprint density at radius 1 is 1.09 bits per heavy atom. The number of benzene rings is 2. The van der Waals surface area contributed by atoms with Gasteiger partial charge in [-0.05, 0) is 44.5 Å². The first-order valence-corrected chi connectivity index (χ1v) is 10.2. The Kier molecular flexibility index (Phi) is 5.61. The van der Waals surface area contributed by atoms with Gasteiger partial charge in [0, 0.05) is 22.8 Å². The second-order valence-electron chi connectivity index (χ2n) is 7.56. The highest BCUT2D eigenvalue weighted by atomic mass is 19.1. The van der Waals surface area contributed by atoms with Crippen molar-refractivity contribution in [2.24, 2.45) is 0 Å². The topological polar surface area (TPSA) is 68.9 Å². The Morgan fingerprint density at radius 2 is 1.81 bits per heavy atom. The van der Waals surface area contributed by atoms with Gasteiger partial charge in [-0.2, -0.15) is 9.78 Å². The summed E-state index contributed by atoms with van der Waals surface area (Å²) in [6.45, 7) is 5.39. The molecule has 1 N–H and O–H groups in total. The Morgan fingerprint density at radius 3 is 2.50 bits per heavy atom. The molecule has 4 aromatic rings. The summed E-state index contributed by atoms with van der Waals surface area (Å²) in [5.41, 5.74) is 1.42. The number of fused-ring (bicyclic) bond motifs is 1. The summed E-state index contributed by atoms with van der Waals surface area (Å²) in [7, 11) is 0. The van der Waals surface area contributed by atoms with Crippen LogP contribution in [0.15, 0.2) is 59.5 Å². The number of amides is 1. The molecule has 0 unspecified atom stereocenters. The van der Waals surface area contributed by atoms with Crippen molar-refractivity contribution >= 4 is 22.4 Å². The molecule has 0 spiro atoms. The highest BCUT2D eigenvalue weighted by Crippen LogP contribution is 2.29. The lowest BCUT2D eigenvalue weighted by Gasteiger charge is -2.21. The number of aromatic nitrogens is 3. The summed E-state index contributed by atoms with van der Waals surface area (Å²) in [6.07, 6.45) is 1.99. The van der Waals surface area contributed by atoms with E-state index in [4.69, 9.17) is 0 Å². The lowest BCUT2D eigenvalue weighted by molar-refractivity contribution is -0.119. The van der Waals surface area contributed by atoms with Crippen LogP contribution in [-0.2, 0) is 4.79 Å². The molecular formula is C24H22F2N4O2. The van der Waals surface area contributed by atoms with Gasteiger partial charge in [0.1, 0.15) is 17.7 Å². The Balaban J connectivity index is 1.80. The Hall–Kier alpha value is -3.81. The minimum atomic E-state index is -0.727. The monoisotopic (exact) mass is 436 g/mol. The van der Waals surface area contributed by atoms with Crippen LogP contribution in [0.1, 0.15) is 30.8 Å². The zero-order valence-corrected chi connectivity index (χ0v) is 17.9. The number of nitrogens with zero attached hydrogens (tertiary/aromatic N) is 3. The maximum atomic E-state index is 14.0. The lowest BCUT2D eigenvalue weighted by Crippen LogP contribution is -2.27. The number of rotatable bonds is 5. The molecule has 1 amide bonds. The van der Waals surface area contributed by atoms with E-state index in [2.05, 4.69) is 10.4 Å². The van der Waals surface area contributed by atoms with E-state index < -0.39 is 23.6 Å². The van der Waals surface area contributed by atoms with Gasteiger partial charge in [-0.15, -0.1) is 0 Å². The minimum Gasteiger partial charge on any atom is -0.335 e. The van der Waals surface area contributed by atoms with Crippen LogP contribution in [0.25, 0.3) is 16.5 Å². The molecule has 2 heterocycles. The van der Waals surface area contributed by atoms with Gasteiger partial charge in [0.25, 0.3) is 5.56 Å². The highest BCUT2D eigenvalue weighted by molar-refractivity contribution is 5.95. The van der Waals surface area contributed by atoms with Crippen LogP contribution in [0.4, 0.5) is 14.5 Å². The summed E-state index contributed by atoms with van der Waals surface area (Å²) >= 11 is 0. The molecule has 0 aliphatic carbocycles. The molecule has 0 aliphatic heterocycles. The van der Waals surface area contributed by atoms with Crippen LogP contribution in [0.2, 0.25) is 0 Å². The minimum absolute atomic E-state index is 0.228. The Labute approximate surface area is 183 Å². The number of hydrogen-bond donors (Lipinski definition) is 1. The average molecular weight is 436 g/mol. The van der Waals surface area contributed by atoms with Crippen molar-refractivity contribution in [1.82, 2.24) is 14.3 Å². The third-order valence-corrected chi connectivity index (χ3v) is 5.64. The predicted octanol–water partition coefficient (Wildman–Crippen LogP) is 4.67. The largest absolute Gasteiger partial charge is 0.335 e. The molecule has 2 aromatic carbocycles. The van der Waals surface area contributed by atoms with Gasteiger partial charge in [0.2, 0.25) is 5.91 Å². The van der Waals surface area contributed by atoms with Gasteiger partial charge < -0.3 is 9.88 Å². The molecule has 6 nitrogen and oxygen atoms in total. The molecule has 8 heteroatoms. The van der Waals surface area contributed by atoms with Crippen LogP contribution < -0.4 is 10.9 Å². The normalized spacial score (nSPS) is 12.2. The molecule has 1 atom stereocenters. The number of carbonyl (C=O) groups is 1. The smallest absolute Gasteiger partial charge is 0.281 e. The van der Waals surface area contributed by atoms with Crippen molar-refractivity contribution in [3.8, 4) is 5.69 Å². The molecule has 0 saturated carbocycles. The molecule has 0 saturated heterocycles. The second kappa shape index (κ2) is 8.37. The summed E-state index contributed by atoms with van der Waals surface area (Å²) in [5.74, 6) is -1.88. The molecule has 32 heavy (non-hydrogen) atoms. The maximum absolute atomic E-state index is 14.0. The average Bonchev–Trinajstić information content (AvgIpc) is 3.03. The number of para-hydroxylation sites is 1. The third kappa shape index (κ3) is 3.57. The van der Waals surface area contributed by atoms with Crippen molar-refractivity contribution in [2.75, 3.05) is 5.32 Å². The molecule has 164 valence electrons. The van der Waals surface area contributed by atoms with E-state index in [-0.39, 0.29) is 11.2 Å². The molecule has 0 aliphatic rings. The third-order valence-electron chi connectivity index (χ3n) is 5.64. The van der Waals surface area contributed by atoms with E-state index in [9.17, 15) is 18.4 Å². The molecule has 2 aromatic heterocycles. The molecule has 4 rings (SSSR count). The van der Waals surface area contributed by atoms with E-state index >= 15 is 0 Å². The number of carbonyl (C=O) groups excluding carboxylic acids is 1. The molecule has 0 radical (unpaired) electrons. The molecule has 0 fully saturated rings. The quantitative estimate of drug-likeness (QED) is 0.494. The van der Waals surface area contributed by atoms with E-state index in [1.807, 2.05) is 32.0 Å². The summed E-state index contributed by atoms with van der Waals surface area (Å²) < 4.78 is 30.7. The van der Waals surface area contributed by atoms with Crippen LogP contribution in [0.3, 0.4) is 0 Å². The summed E-state index contributed by atoms with van der Waals surface area (Å²) in [5, 5.41) is 7.89. The fraction of sp³-hybridized carbons (Fsp3) is 0.208. The first-order valence-electron chi connectivity index (χ1n) is 10.2. The molecule has 0 bridgehead atoms. The summed E-state index contributed by atoms with van der Waals surface area (Å²) in [6, 6.07) is 11.2. The van der Waals surface area contributed by atoms with Crippen molar-refractivity contribution in [1.29, 1.82) is 0 Å². The van der Waals surface area contributed by atoms with Gasteiger partial charge in [0.15, 0.2) is 0 Å². The van der Waals surface area contributed by atoms with E-state index in [0.717, 1.165) is 18.2 Å². The zero-order chi connectivity index (χ0) is 23.0. The summed E-state index contributed by atoms with van der Waals surface area (Å²) in [4.78, 5) is 26.3. The first kappa shape index (κ1) is 21.4. The SMILES string of the molecule is CC[C@H](C(=O)Nc1cc(F)ccc1F)n1c(C)c2cnn(-c3ccccc3)c(=O)c2c1C. The van der Waals surface area contributed by atoms with Crippen molar-refractivity contribution < 1.29 is 13.6 Å². The van der Waals surface area contributed by atoms with Gasteiger partial charge in [0.05, 0.1) is 23.0 Å². The van der Waals surface area contributed by atoms with Crippen molar-refractivity contribution in [3.05, 3.63) is 88.1 Å². The lowest BCUT2D eigenvalue weighted by atomic mass is 10.1. The standard InChI is InChI=1S/C24H22F2N4O2/c1-4-21(23(31)28-20-12-16(25)10-11-19(20)26)29-14(2)18-13-27-30(17-8-6-5-7-9-17)24(32)22(18)15(29)3/h5-13,21H,4H2,1-3H3,(H,28,31)/t21-/m1/s1. The Bertz CT molecular complexity index is 1380. The zero-order valence-electron chi connectivity index (χ0n) is 17.9. The number of nitrogens with one attached hydrogen (secondary N) is 1. The van der Waals surface area contributed by atoms with Crippen LogP contribution >= 0.6 is 0 Å². The fourth-order valence-electron chi connectivity index (χ4n) is 4.09. The number of anilines is 1. The number of hydrogen-bond acceptors (Lipinski definition) is 3.